The van der Waals surface area contributed by atoms with Crippen LogP contribution in [0.25, 0.3) is 0 Å². The number of methoxy groups -OCH3 is 1. The first-order valence-electron chi connectivity index (χ1n) is 4.89. The average molecular weight is 257 g/mol. The minimum absolute atomic E-state index is 0.300. The van der Waals surface area contributed by atoms with Crippen molar-refractivity contribution >= 4 is 23.5 Å². The largest absolute Gasteiger partial charge is 0.467 e. The molecule has 0 fully saturated rings. The Bertz CT molecular complexity index is 429. The minimum Gasteiger partial charge on any atom is -0.467 e. The maximum atomic E-state index is 11.8. The van der Waals surface area contributed by atoms with Gasteiger partial charge >= 0.3 is 5.97 Å². The summed E-state index contributed by atoms with van der Waals surface area (Å²) < 4.78 is 4.58. The van der Waals surface area contributed by atoms with E-state index in [0.717, 1.165) is 0 Å². The maximum absolute atomic E-state index is 11.8. The molecule has 0 saturated heterocycles. The Hall–Kier alpha value is -1.62. The number of hydrogen-bond donors (Lipinski definition) is 1. The smallest absolute Gasteiger partial charge is 0.330 e. The number of ether oxygens (including phenoxy) is 1. The molecule has 1 N–H and O–H groups in total. The molecule has 0 atom stereocenters. The van der Waals surface area contributed by atoms with Crippen LogP contribution >= 0.6 is 11.6 Å². The van der Waals surface area contributed by atoms with Crippen molar-refractivity contribution in [2.24, 2.45) is 0 Å². The molecule has 1 aromatic rings. The van der Waals surface area contributed by atoms with Gasteiger partial charge in [-0.1, -0.05) is 11.6 Å². The highest BCUT2D eigenvalue weighted by molar-refractivity contribution is 6.29. The number of carbonyl (C=O) groups is 2. The van der Waals surface area contributed by atoms with E-state index in [2.05, 4.69) is 15.0 Å². The number of pyridine rings is 1. The third-order valence-electron chi connectivity index (χ3n) is 2.11. The van der Waals surface area contributed by atoms with Crippen LogP contribution in [-0.2, 0) is 9.53 Å². The molecule has 0 aliphatic carbocycles. The van der Waals surface area contributed by atoms with E-state index in [1.165, 1.54) is 25.4 Å². The fourth-order valence-corrected chi connectivity index (χ4v) is 1.28. The van der Waals surface area contributed by atoms with Crippen LogP contribution < -0.4 is 5.32 Å². The van der Waals surface area contributed by atoms with E-state index in [1.807, 2.05) is 0 Å². The number of amides is 1. The SMILES string of the molecule is COC(=O)C(C)(C)NC(=O)c1ccc(Cl)nc1. The van der Waals surface area contributed by atoms with Crippen LogP contribution in [0.1, 0.15) is 24.2 Å². The lowest BCUT2D eigenvalue weighted by molar-refractivity contribution is -0.146. The van der Waals surface area contributed by atoms with Crippen LogP contribution in [0.15, 0.2) is 18.3 Å². The number of hydrogen-bond acceptors (Lipinski definition) is 4. The van der Waals surface area contributed by atoms with Crippen molar-refractivity contribution in [2.75, 3.05) is 7.11 Å². The molecule has 0 saturated carbocycles. The number of carbonyl (C=O) groups excluding carboxylic acids is 2. The first kappa shape index (κ1) is 13.4. The number of esters is 1. The van der Waals surface area contributed by atoms with Gasteiger partial charge in [0.05, 0.1) is 12.7 Å². The fraction of sp³-hybridized carbons (Fsp3) is 0.364. The molecule has 17 heavy (non-hydrogen) atoms. The molecular weight excluding hydrogens is 244 g/mol. The van der Waals surface area contributed by atoms with Gasteiger partial charge in [-0.3, -0.25) is 4.79 Å². The lowest BCUT2D eigenvalue weighted by atomic mass is 10.1. The zero-order valence-corrected chi connectivity index (χ0v) is 10.5. The normalized spacial score (nSPS) is 10.8. The standard InChI is InChI=1S/C11H13ClN2O3/c1-11(2,10(16)17-3)14-9(15)7-4-5-8(12)13-6-7/h4-6H,1-3H3,(H,14,15). The van der Waals surface area contributed by atoms with Crippen LogP contribution in [0.4, 0.5) is 0 Å². The topological polar surface area (TPSA) is 68.3 Å². The van der Waals surface area contributed by atoms with Crippen molar-refractivity contribution in [3.63, 3.8) is 0 Å². The molecule has 92 valence electrons. The Kier molecular flexibility index (Phi) is 4.07. The van der Waals surface area contributed by atoms with Crippen molar-refractivity contribution in [1.82, 2.24) is 10.3 Å². The van der Waals surface area contributed by atoms with Crippen LogP contribution in [0.3, 0.4) is 0 Å². The zero-order valence-electron chi connectivity index (χ0n) is 9.78. The van der Waals surface area contributed by atoms with E-state index in [9.17, 15) is 9.59 Å². The molecule has 0 unspecified atom stereocenters. The van der Waals surface area contributed by atoms with E-state index < -0.39 is 17.4 Å². The minimum atomic E-state index is -1.09. The summed E-state index contributed by atoms with van der Waals surface area (Å²) in [6.07, 6.45) is 1.34. The molecular formula is C11H13ClN2O3. The monoisotopic (exact) mass is 256 g/mol. The Balaban J connectivity index is 2.79. The molecule has 0 aliphatic rings. The van der Waals surface area contributed by atoms with Gasteiger partial charge in [0.15, 0.2) is 0 Å². The number of aromatic nitrogens is 1. The van der Waals surface area contributed by atoms with E-state index in [-0.39, 0.29) is 0 Å². The van der Waals surface area contributed by atoms with Crippen molar-refractivity contribution in [2.45, 2.75) is 19.4 Å². The van der Waals surface area contributed by atoms with Crippen LogP contribution in [0, 0.1) is 0 Å². The van der Waals surface area contributed by atoms with Gasteiger partial charge in [-0.25, -0.2) is 9.78 Å². The Morgan fingerprint density at radius 3 is 2.53 bits per heavy atom. The number of rotatable bonds is 3. The Labute approximate surface area is 104 Å². The van der Waals surface area contributed by atoms with Gasteiger partial charge in [0.2, 0.25) is 0 Å². The summed E-state index contributed by atoms with van der Waals surface area (Å²) in [5.41, 5.74) is -0.766. The highest BCUT2D eigenvalue weighted by Crippen LogP contribution is 2.09. The summed E-state index contributed by atoms with van der Waals surface area (Å²) in [5.74, 6) is -0.933. The maximum Gasteiger partial charge on any atom is 0.330 e. The van der Waals surface area contributed by atoms with Gasteiger partial charge in [-0.15, -0.1) is 0 Å². The molecule has 1 amide bonds. The molecule has 0 bridgehead atoms. The van der Waals surface area contributed by atoms with Crippen molar-refractivity contribution in [1.29, 1.82) is 0 Å². The molecule has 6 heteroatoms. The van der Waals surface area contributed by atoms with E-state index in [4.69, 9.17) is 11.6 Å². The predicted molar refractivity (Wildman–Crippen MR) is 62.8 cm³/mol. The van der Waals surface area contributed by atoms with E-state index >= 15 is 0 Å². The van der Waals surface area contributed by atoms with E-state index in [0.29, 0.717) is 10.7 Å². The van der Waals surface area contributed by atoms with Gasteiger partial charge in [0.25, 0.3) is 5.91 Å². The number of nitrogens with zero attached hydrogens (tertiary/aromatic N) is 1. The first-order valence-corrected chi connectivity index (χ1v) is 5.27. The molecule has 0 spiro atoms. The Morgan fingerprint density at radius 2 is 2.06 bits per heavy atom. The molecule has 0 aromatic carbocycles. The Morgan fingerprint density at radius 1 is 1.41 bits per heavy atom. The average Bonchev–Trinajstić information content (AvgIpc) is 2.28. The predicted octanol–water partition coefficient (Wildman–Crippen LogP) is 1.42. The van der Waals surface area contributed by atoms with Gasteiger partial charge in [0.1, 0.15) is 10.7 Å². The van der Waals surface area contributed by atoms with Crippen molar-refractivity contribution in [3.05, 3.63) is 29.0 Å². The van der Waals surface area contributed by atoms with Crippen LogP contribution in [-0.4, -0.2) is 29.5 Å². The first-order chi connectivity index (χ1) is 7.86. The summed E-state index contributed by atoms with van der Waals surface area (Å²) in [4.78, 5) is 27.0. The highest BCUT2D eigenvalue weighted by atomic mass is 35.5. The molecule has 1 rings (SSSR count). The molecule has 0 radical (unpaired) electrons. The van der Waals surface area contributed by atoms with Crippen LogP contribution in [0.5, 0.6) is 0 Å². The molecule has 5 nitrogen and oxygen atoms in total. The fourth-order valence-electron chi connectivity index (χ4n) is 1.17. The van der Waals surface area contributed by atoms with E-state index in [1.54, 1.807) is 13.8 Å². The zero-order chi connectivity index (χ0) is 13.1. The lowest BCUT2D eigenvalue weighted by Gasteiger charge is -2.22. The number of nitrogens with one attached hydrogen (secondary N) is 1. The molecule has 1 aromatic heterocycles. The van der Waals surface area contributed by atoms with Gasteiger partial charge in [-0.2, -0.15) is 0 Å². The lowest BCUT2D eigenvalue weighted by Crippen LogP contribution is -2.50. The third-order valence-corrected chi connectivity index (χ3v) is 2.33. The second kappa shape index (κ2) is 5.14. The van der Waals surface area contributed by atoms with Gasteiger partial charge in [0, 0.05) is 6.20 Å². The second-order valence-electron chi connectivity index (χ2n) is 3.94. The molecule has 0 aliphatic heterocycles. The second-order valence-corrected chi connectivity index (χ2v) is 4.33. The van der Waals surface area contributed by atoms with Gasteiger partial charge < -0.3 is 10.1 Å². The summed E-state index contributed by atoms with van der Waals surface area (Å²) in [6, 6.07) is 3.03. The summed E-state index contributed by atoms with van der Waals surface area (Å²) in [5, 5.41) is 2.85. The van der Waals surface area contributed by atoms with Crippen molar-refractivity contribution in [3.8, 4) is 0 Å². The molecule has 1 heterocycles. The quantitative estimate of drug-likeness (QED) is 0.656. The highest BCUT2D eigenvalue weighted by Gasteiger charge is 2.30. The summed E-state index contributed by atoms with van der Waals surface area (Å²) >= 11 is 5.61. The number of halogens is 1. The third kappa shape index (κ3) is 3.42. The van der Waals surface area contributed by atoms with Gasteiger partial charge in [-0.05, 0) is 26.0 Å². The van der Waals surface area contributed by atoms with Crippen LogP contribution in [0.2, 0.25) is 5.15 Å². The summed E-state index contributed by atoms with van der Waals surface area (Å²) in [7, 11) is 1.26. The van der Waals surface area contributed by atoms with Crippen molar-refractivity contribution < 1.29 is 14.3 Å². The summed E-state index contributed by atoms with van der Waals surface area (Å²) in [6.45, 7) is 3.11.